The smallest absolute Gasteiger partial charge is 0.410 e. The highest BCUT2D eigenvalue weighted by molar-refractivity contribution is 7.89. The molecule has 0 saturated carbocycles. The molecule has 0 bridgehead atoms. The van der Waals surface area contributed by atoms with Crippen LogP contribution in [0.5, 0.6) is 17.2 Å². The number of hydrogen-bond donors (Lipinski definition) is 1. The van der Waals surface area contributed by atoms with Crippen molar-refractivity contribution in [3.05, 3.63) is 52.1 Å². The molecule has 0 aliphatic carbocycles. The summed E-state index contributed by atoms with van der Waals surface area (Å²) in [5.74, 6) is 0.877. The predicted molar refractivity (Wildman–Crippen MR) is 129 cm³/mol. The lowest BCUT2D eigenvalue weighted by atomic mass is 10.1. The van der Waals surface area contributed by atoms with E-state index >= 15 is 0 Å². The number of nitro benzene ring substituents is 1. The van der Waals surface area contributed by atoms with Gasteiger partial charge in [0.05, 0.1) is 32.2 Å². The molecule has 1 aliphatic rings. The number of carbonyl (C=O) groups excluding carboxylic acids is 1. The third-order valence-electron chi connectivity index (χ3n) is 5.17. The maximum atomic E-state index is 13.2. The average molecular weight is 524 g/mol. The van der Waals surface area contributed by atoms with Gasteiger partial charge in [-0.15, -0.1) is 0 Å². The maximum absolute atomic E-state index is 13.2. The van der Waals surface area contributed by atoms with Crippen LogP contribution >= 0.6 is 0 Å². The maximum Gasteiger partial charge on any atom is 0.410 e. The summed E-state index contributed by atoms with van der Waals surface area (Å²) in [7, 11) is -1.30. The number of nitrogens with one attached hydrogen (secondary N) is 1. The number of ether oxygens (including phenoxy) is 4. The van der Waals surface area contributed by atoms with Crippen LogP contribution in [-0.4, -0.2) is 63.3 Å². The number of non-ortho nitro benzene ring substituents is 1. The van der Waals surface area contributed by atoms with Crippen molar-refractivity contribution >= 4 is 21.8 Å². The number of likely N-dealkylation sites (tertiary alicyclic amines) is 1. The van der Waals surface area contributed by atoms with Crippen molar-refractivity contribution in [3.63, 3.8) is 0 Å². The van der Waals surface area contributed by atoms with Gasteiger partial charge in [-0.2, -0.15) is 0 Å². The van der Waals surface area contributed by atoms with E-state index in [-0.39, 0.29) is 30.3 Å². The molecule has 1 saturated heterocycles. The molecular formula is C23H29N3O9S. The zero-order valence-corrected chi connectivity index (χ0v) is 21.5. The molecule has 0 radical (unpaired) electrons. The van der Waals surface area contributed by atoms with Gasteiger partial charge >= 0.3 is 6.09 Å². The van der Waals surface area contributed by atoms with E-state index < -0.39 is 38.4 Å². The molecular weight excluding hydrogens is 494 g/mol. The van der Waals surface area contributed by atoms with E-state index in [4.69, 9.17) is 18.9 Å². The molecule has 2 aromatic carbocycles. The molecule has 36 heavy (non-hydrogen) atoms. The lowest BCUT2D eigenvalue weighted by Crippen LogP contribution is -2.57. The lowest BCUT2D eigenvalue weighted by molar-refractivity contribution is -0.385. The van der Waals surface area contributed by atoms with Gasteiger partial charge in [0, 0.05) is 30.3 Å². The molecule has 0 unspecified atom stereocenters. The first-order valence-corrected chi connectivity index (χ1v) is 12.4. The summed E-state index contributed by atoms with van der Waals surface area (Å²) in [6.07, 6.45) is -1.01. The molecule has 1 fully saturated rings. The van der Waals surface area contributed by atoms with Crippen LogP contribution in [0, 0.1) is 10.1 Å². The molecule has 0 spiro atoms. The number of amides is 1. The van der Waals surface area contributed by atoms with Gasteiger partial charge in [-0.1, -0.05) is 6.07 Å². The Morgan fingerprint density at radius 1 is 1.11 bits per heavy atom. The number of hydrogen-bond acceptors (Lipinski definition) is 9. The Labute approximate surface area is 209 Å². The minimum atomic E-state index is -4.24. The van der Waals surface area contributed by atoms with Gasteiger partial charge in [-0.25, -0.2) is 17.9 Å². The Kier molecular flexibility index (Phi) is 7.94. The van der Waals surface area contributed by atoms with E-state index in [1.165, 1.54) is 25.2 Å². The van der Waals surface area contributed by atoms with E-state index in [0.29, 0.717) is 17.1 Å². The number of nitrogens with zero attached hydrogens (tertiary/aromatic N) is 2. The first-order chi connectivity index (χ1) is 16.8. The normalized spacial score (nSPS) is 14.1. The molecule has 0 aromatic heterocycles. The summed E-state index contributed by atoms with van der Waals surface area (Å²) in [6.45, 7) is 5.47. The van der Waals surface area contributed by atoms with Crippen molar-refractivity contribution in [1.29, 1.82) is 0 Å². The molecule has 1 amide bonds. The molecule has 1 aliphatic heterocycles. The third kappa shape index (κ3) is 6.55. The van der Waals surface area contributed by atoms with Crippen LogP contribution in [0.25, 0.3) is 0 Å². The molecule has 0 atom stereocenters. The fraction of sp³-hybridized carbons (Fsp3) is 0.435. The fourth-order valence-corrected chi connectivity index (χ4v) is 4.49. The quantitative estimate of drug-likeness (QED) is 0.387. The summed E-state index contributed by atoms with van der Waals surface area (Å²) in [6, 6.07) is 8.24. The molecule has 1 N–H and O–H groups in total. The van der Waals surface area contributed by atoms with Gasteiger partial charge in [0.1, 0.15) is 33.8 Å². The van der Waals surface area contributed by atoms with Crippen molar-refractivity contribution in [2.45, 2.75) is 43.9 Å². The molecule has 3 rings (SSSR count). The monoisotopic (exact) mass is 523 g/mol. The third-order valence-corrected chi connectivity index (χ3v) is 6.59. The van der Waals surface area contributed by atoms with E-state index in [2.05, 4.69) is 4.72 Å². The average Bonchev–Trinajstić information content (AvgIpc) is 2.78. The van der Waals surface area contributed by atoms with Gasteiger partial charge in [0.15, 0.2) is 0 Å². The van der Waals surface area contributed by atoms with E-state index in [0.717, 1.165) is 12.1 Å². The SMILES string of the molecule is COc1ccc(CNS(=O)(=O)c2cc([N+](=O)[O-])ccc2OC2CN(C(=O)OC(C)(C)C)C2)c(OC)c1. The van der Waals surface area contributed by atoms with Crippen LogP contribution in [0.4, 0.5) is 10.5 Å². The van der Waals surface area contributed by atoms with Crippen LogP contribution in [0.15, 0.2) is 41.3 Å². The van der Waals surface area contributed by atoms with Gasteiger partial charge in [-0.3, -0.25) is 10.1 Å². The first-order valence-electron chi connectivity index (χ1n) is 11.0. The van der Waals surface area contributed by atoms with Crippen molar-refractivity contribution in [3.8, 4) is 17.2 Å². The Hall–Kier alpha value is -3.58. The Morgan fingerprint density at radius 3 is 2.39 bits per heavy atom. The zero-order valence-electron chi connectivity index (χ0n) is 20.6. The number of carbonyl (C=O) groups is 1. The standard InChI is InChI=1S/C23H29N3O9S/c1-23(2,3)35-22(27)25-13-18(14-25)34-19-9-7-16(26(28)29)10-21(19)36(30,31)24-12-15-6-8-17(32-4)11-20(15)33-5/h6-11,18,24H,12-14H2,1-5H3. The summed E-state index contributed by atoms with van der Waals surface area (Å²) >= 11 is 0. The molecule has 196 valence electrons. The van der Waals surface area contributed by atoms with Crippen molar-refractivity contribution in [1.82, 2.24) is 9.62 Å². The summed E-state index contributed by atoms with van der Waals surface area (Å²) in [5, 5.41) is 11.3. The number of benzene rings is 2. The van der Waals surface area contributed by atoms with E-state index in [1.54, 1.807) is 39.0 Å². The van der Waals surface area contributed by atoms with Crippen LogP contribution in [0.1, 0.15) is 26.3 Å². The fourth-order valence-electron chi connectivity index (χ4n) is 3.33. The van der Waals surface area contributed by atoms with Crippen molar-refractivity contribution in [2.75, 3.05) is 27.3 Å². The summed E-state index contributed by atoms with van der Waals surface area (Å²) < 4.78 is 50.3. The summed E-state index contributed by atoms with van der Waals surface area (Å²) in [5.41, 5.74) is -0.531. The van der Waals surface area contributed by atoms with Gasteiger partial charge in [0.25, 0.3) is 5.69 Å². The lowest BCUT2D eigenvalue weighted by Gasteiger charge is -2.39. The number of rotatable bonds is 9. The number of sulfonamides is 1. The van der Waals surface area contributed by atoms with Crippen LogP contribution < -0.4 is 18.9 Å². The molecule has 2 aromatic rings. The predicted octanol–water partition coefficient (Wildman–Crippen LogP) is 3.09. The second kappa shape index (κ2) is 10.6. The Morgan fingerprint density at radius 2 is 1.81 bits per heavy atom. The molecule has 1 heterocycles. The van der Waals surface area contributed by atoms with Gasteiger partial charge in [0.2, 0.25) is 10.0 Å². The zero-order chi connectivity index (χ0) is 26.7. The largest absolute Gasteiger partial charge is 0.497 e. The van der Waals surface area contributed by atoms with Gasteiger partial charge in [-0.05, 0) is 32.9 Å². The summed E-state index contributed by atoms with van der Waals surface area (Å²) in [4.78, 5) is 23.8. The molecule has 12 nitrogen and oxygen atoms in total. The number of nitro groups is 1. The highest BCUT2D eigenvalue weighted by atomic mass is 32.2. The van der Waals surface area contributed by atoms with Gasteiger partial charge < -0.3 is 23.8 Å². The Bertz CT molecular complexity index is 1240. The topological polar surface area (TPSA) is 147 Å². The second-order valence-corrected chi connectivity index (χ2v) is 10.8. The number of methoxy groups -OCH3 is 2. The molecule has 13 heteroatoms. The van der Waals surface area contributed by atoms with Crippen molar-refractivity contribution in [2.24, 2.45) is 0 Å². The minimum Gasteiger partial charge on any atom is -0.497 e. The van der Waals surface area contributed by atoms with Crippen LogP contribution in [-0.2, 0) is 21.3 Å². The highest BCUT2D eigenvalue weighted by Gasteiger charge is 2.36. The first kappa shape index (κ1) is 27.0. The van der Waals surface area contributed by atoms with E-state index in [1.807, 2.05) is 0 Å². The van der Waals surface area contributed by atoms with E-state index in [9.17, 15) is 23.3 Å². The minimum absolute atomic E-state index is 0.0661. The van der Waals surface area contributed by atoms with Crippen LogP contribution in [0.2, 0.25) is 0 Å². The Balaban J connectivity index is 1.78. The highest BCUT2D eigenvalue weighted by Crippen LogP contribution is 2.31. The van der Waals surface area contributed by atoms with Crippen LogP contribution in [0.3, 0.4) is 0 Å². The van der Waals surface area contributed by atoms with Crippen molar-refractivity contribution < 1.29 is 37.1 Å². The second-order valence-electron chi connectivity index (χ2n) is 9.02.